The Balaban J connectivity index is 2.93. The Labute approximate surface area is 134 Å². The van der Waals surface area contributed by atoms with Gasteiger partial charge in [-0.1, -0.05) is 11.6 Å². The van der Waals surface area contributed by atoms with Crippen molar-refractivity contribution >= 4 is 29.2 Å². The van der Waals surface area contributed by atoms with Crippen molar-refractivity contribution in [3.63, 3.8) is 0 Å². The Morgan fingerprint density at radius 1 is 1.48 bits per heavy atom. The van der Waals surface area contributed by atoms with Crippen LogP contribution in [0.15, 0.2) is 18.3 Å². The molecule has 0 aliphatic rings. The Morgan fingerprint density at radius 2 is 2.13 bits per heavy atom. The largest absolute Gasteiger partial charge is 0.478 e. The molecule has 3 N–H and O–H groups in total. The second-order valence-corrected chi connectivity index (χ2v) is 4.75. The van der Waals surface area contributed by atoms with Crippen LogP contribution in [0, 0.1) is 17.1 Å². The van der Waals surface area contributed by atoms with Gasteiger partial charge in [0.25, 0.3) is 0 Å². The van der Waals surface area contributed by atoms with Gasteiger partial charge in [0.1, 0.15) is 6.07 Å². The summed E-state index contributed by atoms with van der Waals surface area (Å²) >= 11 is 5.69. The molecule has 0 spiro atoms. The molecule has 0 amide bonds. The number of aromatic carboxylic acids is 1. The number of methoxy groups -OCH3 is 1. The summed E-state index contributed by atoms with van der Waals surface area (Å²) in [6.07, 6.45) is 1.04. The van der Waals surface area contributed by atoms with Crippen LogP contribution in [-0.4, -0.2) is 28.7 Å². The van der Waals surface area contributed by atoms with Crippen molar-refractivity contribution < 1.29 is 23.8 Å². The molecular formula is C14H9ClFN3O4. The first kappa shape index (κ1) is 16.3. The summed E-state index contributed by atoms with van der Waals surface area (Å²) in [5.41, 5.74) is 3.96. The molecule has 0 fully saturated rings. The number of carbonyl (C=O) groups excluding carboxylic acids is 1. The van der Waals surface area contributed by atoms with Crippen LogP contribution in [0.4, 0.5) is 10.1 Å². The summed E-state index contributed by atoms with van der Waals surface area (Å²) < 4.78 is 19.8. The lowest BCUT2D eigenvalue weighted by Crippen LogP contribution is -2.15. The zero-order valence-corrected chi connectivity index (χ0v) is 12.4. The van der Waals surface area contributed by atoms with E-state index in [9.17, 15) is 19.1 Å². The van der Waals surface area contributed by atoms with Gasteiger partial charge in [-0.2, -0.15) is 5.26 Å². The molecule has 1 heterocycles. The van der Waals surface area contributed by atoms with Gasteiger partial charge in [-0.15, -0.1) is 0 Å². The Morgan fingerprint density at radius 3 is 2.65 bits per heavy atom. The molecule has 0 saturated heterocycles. The average Bonchev–Trinajstić information content (AvgIpc) is 2.85. The minimum Gasteiger partial charge on any atom is -0.478 e. The lowest BCUT2D eigenvalue weighted by molar-refractivity contribution is 0.0590. The normalized spacial score (nSPS) is 10.2. The number of nitrogens with zero attached hydrogens (tertiary/aromatic N) is 2. The lowest BCUT2D eigenvalue weighted by atomic mass is 10.1. The quantitative estimate of drug-likeness (QED) is 0.829. The number of esters is 1. The van der Waals surface area contributed by atoms with Crippen molar-refractivity contribution in [1.29, 1.82) is 5.26 Å². The highest BCUT2D eigenvalue weighted by molar-refractivity contribution is 6.31. The van der Waals surface area contributed by atoms with E-state index in [1.807, 2.05) is 0 Å². The number of rotatable bonds is 3. The van der Waals surface area contributed by atoms with Crippen LogP contribution < -0.4 is 5.73 Å². The number of benzene rings is 1. The molecule has 1 aromatic heterocycles. The number of hydrogen-bond acceptors (Lipinski definition) is 5. The van der Waals surface area contributed by atoms with Crippen molar-refractivity contribution in [2.75, 3.05) is 12.8 Å². The molecule has 0 atom stereocenters. The van der Waals surface area contributed by atoms with Crippen LogP contribution in [0.25, 0.3) is 5.69 Å². The number of nitriles is 1. The van der Waals surface area contributed by atoms with Gasteiger partial charge >= 0.3 is 11.9 Å². The Hall–Kier alpha value is -3.05. The highest BCUT2D eigenvalue weighted by Gasteiger charge is 2.27. The SMILES string of the molecule is COC(=O)c1c(N)c(C#N)cn1-c1c(C(=O)O)ccc(Cl)c1F. The van der Waals surface area contributed by atoms with E-state index in [2.05, 4.69) is 4.74 Å². The number of hydrogen-bond donors (Lipinski definition) is 2. The maximum absolute atomic E-state index is 14.4. The molecule has 9 heteroatoms. The minimum atomic E-state index is -1.45. The summed E-state index contributed by atoms with van der Waals surface area (Å²) in [4.78, 5) is 23.2. The maximum atomic E-state index is 14.4. The second-order valence-electron chi connectivity index (χ2n) is 4.34. The van der Waals surface area contributed by atoms with Crippen LogP contribution in [-0.2, 0) is 4.74 Å². The van der Waals surface area contributed by atoms with Crippen molar-refractivity contribution in [3.8, 4) is 11.8 Å². The molecule has 0 saturated carbocycles. The molecule has 0 aliphatic heterocycles. The van der Waals surface area contributed by atoms with Crippen LogP contribution in [0.5, 0.6) is 0 Å². The number of halogens is 2. The van der Waals surface area contributed by atoms with E-state index in [-0.39, 0.29) is 22.0 Å². The number of ether oxygens (including phenoxy) is 1. The summed E-state index contributed by atoms with van der Waals surface area (Å²) in [7, 11) is 1.07. The van der Waals surface area contributed by atoms with Crippen molar-refractivity contribution in [3.05, 3.63) is 46.0 Å². The van der Waals surface area contributed by atoms with Crippen LogP contribution in [0.3, 0.4) is 0 Å². The van der Waals surface area contributed by atoms with E-state index >= 15 is 0 Å². The van der Waals surface area contributed by atoms with Crippen LogP contribution >= 0.6 is 11.6 Å². The van der Waals surface area contributed by atoms with Gasteiger partial charge in [-0.25, -0.2) is 14.0 Å². The molecule has 0 radical (unpaired) electrons. The average molecular weight is 338 g/mol. The standard InChI is InChI=1S/C14H9ClFN3O4/c1-23-14(22)12-10(18)6(4-17)5-19(12)11-7(13(20)21)2-3-8(15)9(11)16/h2-3,5H,18H2,1H3,(H,20,21). The first-order chi connectivity index (χ1) is 10.8. The minimum absolute atomic E-state index is 0.138. The second kappa shape index (κ2) is 5.98. The van der Waals surface area contributed by atoms with Gasteiger partial charge in [-0.3, -0.25) is 0 Å². The predicted molar refractivity (Wildman–Crippen MR) is 78.2 cm³/mol. The number of carbonyl (C=O) groups is 2. The van der Waals surface area contributed by atoms with E-state index in [1.54, 1.807) is 6.07 Å². The molecule has 0 unspecified atom stereocenters. The molecule has 0 aliphatic carbocycles. The molecule has 7 nitrogen and oxygen atoms in total. The first-order valence-electron chi connectivity index (χ1n) is 6.04. The number of anilines is 1. The van der Waals surface area contributed by atoms with Gasteiger partial charge < -0.3 is 20.1 Å². The number of carboxylic acids is 1. The third-order valence-corrected chi connectivity index (χ3v) is 3.38. The fraction of sp³-hybridized carbons (Fsp3) is 0.0714. The molecular weight excluding hydrogens is 329 g/mol. The highest BCUT2D eigenvalue weighted by Crippen LogP contribution is 2.31. The topological polar surface area (TPSA) is 118 Å². The number of carboxylic acid groups (broad SMARTS) is 1. The predicted octanol–water partition coefficient (Wildman–Crippen LogP) is 2.21. The maximum Gasteiger partial charge on any atom is 0.357 e. The number of nitrogen functional groups attached to an aromatic ring is 1. The summed E-state index contributed by atoms with van der Waals surface area (Å²) in [5.74, 6) is -3.48. The monoisotopic (exact) mass is 337 g/mol. The van der Waals surface area contributed by atoms with E-state index < -0.39 is 29.0 Å². The fourth-order valence-corrected chi connectivity index (χ4v) is 2.19. The number of nitrogens with two attached hydrogens (primary N) is 1. The fourth-order valence-electron chi connectivity index (χ4n) is 2.04. The Kier molecular flexibility index (Phi) is 4.24. The van der Waals surface area contributed by atoms with Crippen LogP contribution in [0.1, 0.15) is 26.4 Å². The number of aromatic nitrogens is 1. The molecule has 23 heavy (non-hydrogen) atoms. The smallest absolute Gasteiger partial charge is 0.357 e. The lowest BCUT2D eigenvalue weighted by Gasteiger charge is -2.13. The molecule has 2 rings (SSSR count). The highest BCUT2D eigenvalue weighted by atomic mass is 35.5. The van der Waals surface area contributed by atoms with E-state index in [1.165, 1.54) is 0 Å². The van der Waals surface area contributed by atoms with Crippen LogP contribution in [0.2, 0.25) is 5.02 Å². The summed E-state index contributed by atoms with van der Waals surface area (Å²) in [6, 6.07) is 3.88. The van der Waals surface area contributed by atoms with E-state index in [0.717, 1.165) is 30.0 Å². The van der Waals surface area contributed by atoms with E-state index in [4.69, 9.17) is 22.6 Å². The molecule has 1 aromatic carbocycles. The van der Waals surface area contributed by atoms with Gasteiger partial charge in [0.2, 0.25) is 0 Å². The van der Waals surface area contributed by atoms with Gasteiger partial charge in [0.15, 0.2) is 11.5 Å². The molecule has 2 aromatic rings. The molecule has 0 bridgehead atoms. The van der Waals surface area contributed by atoms with Crippen molar-refractivity contribution in [1.82, 2.24) is 4.57 Å². The molecule has 118 valence electrons. The van der Waals surface area contributed by atoms with Gasteiger partial charge in [-0.05, 0) is 12.1 Å². The van der Waals surface area contributed by atoms with E-state index in [0.29, 0.717) is 0 Å². The first-order valence-corrected chi connectivity index (χ1v) is 6.42. The zero-order valence-electron chi connectivity index (χ0n) is 11.6. The van der Waals surface area contributed by atoms with Gasteiger partial charge in [0.05, 0.1) is 34.6 Å². The summed E-state index contributed by atoms with van der Waals surface area (Å²) in [5, 5.41) is 17.9. The zero-order chi connectivity index (χ0) is 17.3. The summed E-state index contributed by atoms with van der Waals surface area (Å²) in [6.45, 7) is 0. The Bertz CT molecular complexity index is 870. The third-order valence-electron chi connectivity index (χ3n) is 3.08. The van der Waals surface area contributed by atoms with Gasteiger partial charge in [0, 0.05) is 6.20 Å². The van der Waals surface area contributed by atoms with Crippen molar-refractivity contribution in [2.24, 2.45) is 0 Å². The van der Waals surface area contributed by atoms with Crippen molar-refractivity contribution in [2.45, 2.75) is 0 Å². The third kappa shape index (κ3) is 2.58.